The Morgan fingerprint density at radius 3 is 2.48 bits per heavy atom. The number of nitrogens with one attached hydrogen (secondary N) is 1. The summed E-state index contributed by atoms with van der Waals surface area (Å²) in [6, 6.07) is 7.94. The molecule has 116 valence electrons. The minimum absolute atomic E-state index is 0.0237. The maximum absolute atomic E-state index is 11.7. The van der Waals surface area contributed by atoms with Gasteiger partial charge in [0.25, 0.3) is 0 Å². The number of carbonyl (C=O) groups is 1. The lowest BCUT2D eigenvalue weighted by Crippen LogP contribution is -2.22. The number of anilines is 1. The molecule has 7 nitrogen and oxygen atoms in total. The Morgan fingerprint density at radius 2 is 1.78 bits per heavy atom. The van der Waals surface area contributed by atoms with E-state index in [1.165, 1.54) is 30.6 Å². The first-order valence-electron chi connectivity index (χ1n) is 6.77. The van der Waals surface area contributed by atoms with Gasteiger partial charge in [0.2, 0.25) is 5.95 Å². The van der Waals surface area contributed by atoms with E-state index in [0.29, 0.717) is 10.8 Å². The van der Waals surface area contributed by atoms with Crippen molar-refractivity contribution in [3.63, 3.8) is 0 Å². The molecule has 0 aliphatic carbocycles. The van der Waals surface area contributed by atoms with Crippen LogP contribution in [0, 0.1) is 0 Å². The number of aromatic hydroxyl groups is 2. The van der Waals surface area contributed by atoms with Crippen LogP contribution in [0.5, 0.6) is 11.5 Å². The monoisotopic (exact) mass is 311 g/mol. The number of nitrogens with zero attached hydrogens (tertiary/aromatic N) is 2. The van der Waals surface area contributed by atoms with Crippen molar-refractivity contribution in [1.82, 2.24) is 9.97 Å². The summed E-state index contributed by atoms with van der Waals surface area (Å²) < 4.78 is 0. The van der Waals surface area contributed by atoms with E-state index in [4.69, 9.17) is 0 Å². The highest BCUT2D eigenvalue weighted by atomic mass is 16.4. The molecule has 0 saturated heterocycles. The number of carboxylic acids is 1. The molecular formula is C16H13N3O4. The number of fused-ring (bicyclic) bond motifs is 1. The second-order valence-corrected chi connectivity index (χ2v) is 4.89. The molecule has 0 bridgehead atoms. The summed E-state index contributed by atoms with van der Waals surface area (Å²) in [6.07, 6.45) is 2.95. The zero-order valence-corrected chi connectivity index (χ0v) is 11.8. The quantitative estimate of drug-likeness (QED) is 0.584. The molecule has 0 fully saturated rings. The number of benzene rings is 2. The topological polar surface area (TPSA) is 116 Å². The Balaban J connectivity index is 2.16. The van der Waals surface area contributed by atoms with E-state index < -0.39 is 12.0 Å². The van der Waals surface area contributed by atoms with Gasteiger partial charge >= 0.3 is 5.97 Å². The molecule has 0 saturated carbocycles. The normalized spacial score (nSPS) is 12.0. The van der Waals surface area contributed by atoms with E-state index in [1.807, 2.05) is 0 Å². The highest BCUT2D eigenvalue weighted by Gasteiger charge is 2.26. The van der Waals surface area contributed by atoms with Crippen molar-refractivity contribution >= 4 is 22.7 Å². The first-order valence-corrected chi connectivity index (χ1v) is 6.77. The molecular weight excluding hydrogens is 298 g/mol. The maximum Gasteiger partial charge on any atom is 0.331 e. The molecule has 1 aromatic heterocycles. The largest absolute Gasteiger partial charge is 0.508 e. The average Bonchev–Trinajstić information content (AvgIpc) is 2.54. The summed E-state index contributed by atoms with van der Waals surface area (Å²) in [7, 11) is 0. The number of phenolic OH excluding ortho intramolecular Hbond substituents is 2. The molecule has 0 aliphatic rings. The average molecular weight is 311 g/mol. The van der Waals surface area contributed by atoms with Gasteiger partial charge in [-0.05, 0) is 35.0 Å². The lowest BCUT2D eigenvalue weighted by atomic mass is 9.97. The Labute approximate surface area is 130 Å². The number of rotatable bonds is 4. The van der Waals surface area contributed by atoms with Crippen LogP contribution in [0.2, 0.25) is 0 Å². The van der Waals surface area contributed by atoms with Crippen molar-refractivity contribution in [2.75, 3.05) is 5.32 Å². The van der Waals surface area contributed by atoms with Gasteiger partial charge in [-0.1, -0.05) is 12.1 Å². The Kier molecular flexibility index (Phi) is 3.68. The zero-order valence-electron chi connectivity index (χ0n) is 11.8. The van der Waals surface area contributed by atoms with Crippen molar-refractivity contribution in [2.24, 2.45) is 0 Å². The molecule has 4 N–H and O–H groups in total. The van der Waals surface area contributed by atoms with E-state index in [0.717, 1.165) is 0 Å². The van der Waals surface area contributed by atoms with Gasteiger partial charge in [0, 0.05) is 18.0 Å². The fourth-order valence-electron chi connectivity index (χ4n) is 2.38. The second-order valence-electron chi connectivity index (χ2n) is 4.89. The summed E-state index contributed by atoms with van der Waals surface area (Å²) in [5, 5.41) is 33.2. The summed E-state index contributed by atoms with van der Waals surface area (Å²) in [6.45, 7) is 0. The summed E-state index contributed by atoms with van der Waals surface area (Å²) >= 11 is 0. The standard InChI is InChI=1S/C16H13N3O4/c20-10-4-2-9-3-5-12(21)13(11(9)8-10)14(15(22)23)19-16-17-6-1-7-18-16/h1-8,14,20-21H,(H,22,23)(H,17,18,19). The maximum atomic E-state index is 11.7. The molecule has 0 spiro atoms. The SMILES string of the molecule is O=C(O)C(Nc1ncccn1)c1c(O)ccc2ccc(O)cc12. The molecule has 1 heterocycles. The van der Waals surface area contributed by atoms with Crippen LogP contribution in [0.1, 0.15) is 11.6 Å². The van der Waals surface area contributed by atoms with Crippen LogP contribution in [0.25, 0.3) is 10.8 Å². The van der Waals surface area contributed by atoms with Crippen molar-refractivity contribution in [3.8, 4) is 11.5 Å². The first-order chi connectivity index (χ1) is 11.1. The van der Waals surface area contributed by atoms with Crippen LogP contribution in [0.15, 0.2) is 48.8 Å². The lowest BCUT2D eigenvalue weighted by Gasteiger charge is -2.18. The van der Waals surface area contributed by atoms with E-state index in [9.17, 15) is 20.1 Å². The van der Waals surface area contributed by atoms with Crippen LogP contribution in [-0.4, -0.2) is 31.3 Å². The van der Waals surface area contributed by atoms with E-state index in [-0.39, 0.29) is 23.0 Å². The van der Waals surface area contributed by atoms with Gasteiger partial charge in [0.05, 0.1) is 0 Å². The number of carboxylic acid groups (broad SMARTS) is 1. The van der Waals surface area contributed by atoms with Gasteiger partial charge in [0.1, 0.15) is 11.5 Å². The number of aliphatic carboxylic acids is 1. The predicted molar refractivity (Wildman–Crippen MR) is 83.3 cm³/mol. The molecule has 3 rings (SSSR count). The molecule has 1 atom stereocenters. The predicted octanol–water partition coefficient (Wildman–Crippen LogP) is 2.28. The van der Waals surface area contributed by atoms with Crippen LogP contribution < -0.4 is 5.32 Å². The molecule has 3 aromatic rings. The van der Waals surface area contributed by atoms with Gasteiger partial charge in [-0.3, -0.25) is 0 Å². The number of phenols is 2. The van der Waals surface area contributed by atoms with Gasteiger partial charge in [0.15, 0.2) is 6.04 Å². The van der Waals surface area contributed by atoms with Gasteiger partial charge in [-0.15, -0.1) is 0 Å². The highest BCUT2D eigenvalue weighted by Crippen LogP contribution is 2.35. The Bertz CT molecular complexity index is 863. The van der Waals surface area contributed by atoms with Gasteiger partial charge in [-0.2, -0.15) is 0 Å². The molecule has 1 unspecified atom stereocenters. The molecule has 7 heteroatoms. The minimum Gasteiger partial charge on any atom is -0.508 e. The van der Waals surface area contributed by atoms with Crippen LogP contribution >= 0.6 is 0 Å². The van der Waals surface area contributed by atoms with Crippen molar-refractivity contribution in [2.45, 2.75) is 6.04 Å². The lowest BCUT2D eigenvalue weighted by molar-refractivity contribution is -0.138. The van der Waals surface area contributed by atoms with Crippen molar-refractivity contribution < 1.29 is 20.1 Å². The second kappa shape index (κ2) is 5.80. The summed E-state index contributed by atoms with van der Waals surface area (Å²) in [5.74, 6) is -1.30. The summed E-state index contributed by atoms with van der Waals surface area (Å²) in [5.41, 5.74) is 0.137. The zero-order chi connectivity index (χ0) is 16.4. The van der Waals surface area contributed by atoms with Crippen LogP contribution in [0.3, 0.4) is 0 Å². The van der Waals surface area contributed by atoms with Crippen molar-refractivity contribution in [1.29, 1.82) is 0 Å². The Morgan fingerprint density at radius 1 is 1.09 bits per heavy atom. The van der Waals surface area contributed by atoms with Gasteiger partial charge in [-0.25, -0.2) is 14.8 Å². The number of hydrogen-bond acceptors (Lipinski definition) is 6. The van der Waals surface area contributed by atoms with E-state index >= 15 is 0 Å². The van der Waals surface area contributed by atoms with Crippen molar-refractivity contribution in [3.05, 3.63) is 54.4 Å². The van der Waals surface area contributed by atoms with Crippen LogP contribution in [0.4, 0.5) is 5.95 Å². The Hall–Kier alpha value is -3.35. The fourth-order valence-corrected chi connectivity index (χ4v) is 2.38. The molecule has 0 radical (unpaired) electrons. The highest BCUT2D eigenvalue weighted by molar-refractivity contribution is 5.94. The van der Waals surface area contributed by atoms with E-state index in [2.05, 4.69) is 15.3 Å². The molecule has 2 aromatic carbocycles. The van der Waals surface area contributed by atoms with Crippen LogP contribution in [-0.2, 0) is 4.79 Å². The third-order valence-electron chi connectivity index (χ3n) is 3.40. The van der Waals surface area contributed by atoms with Gasteiger partial charge < -0.3 is 20.6 Å². The smallest absolute Gasteiger partial charge is 0.331 e. The molecule has 0 amide bonds. The van der Waals surface area contributed by atoms with E-state index in [1.54, 1.807) is 18.2 Å². The summed E-state index contributed by atoms with van der Waals surface area (Å²) in [4.78, 5) is 19.6. The molecule has 0 aliphatic heterocycles. The fraction of sp³-hybridized carbons (Fsp3) is 0.0625. The number of aromatic nitrogens is 2. The molecule has 23 heavy (non-hydrogen) atoms. The number of hydrogen-bond donors (Lipinski definition) is 4. The minimum atomic E-state index is -1.28. The first kappa shape index (κ1) is 14.6. The third-order valence-corrected chi connectivity index (χ3v) is 3.40. The third kappa shape index (κ3) is 2.84.